The lowest BCUT2D eigenvalue weighted by Crippen LogP contribution is -1.86. The topological polar surface area (TPSA) is 34.1 Å². The maximum absolute atomic E-state index is 10.8. The summed E-state index contributed by atoms with van der Waals surface area (Å²) in [7, 11) is 1.44. The van der Waals surface area contributed by atoms with E-state index in [1.165, 1.54) is 6.08 Å². The summed E-state index contributed by atoms with van der Waals surface area (Å²) in [6, 6.07) is 9.03. The van der Waals surface area contributed by atoms with Crippen LogP contribution in [0.1, 0.15) is 5.56 Å². The Bertz CT molecular complexity index is 411. The molecule has 0 aliphatic rings. The van der Waals surface area contributed by atoms with E-state index in [1.807, 2.05) is 18.2 Å². The molecule has 2 nitrogen and oxygen atoms in total. The van der Waals surface area contributed by atoms with Gasteiger partial charge >= 0.3 is 0 Å². The molecule has 0 aliphatic heterocycles. The molecule has 0 unspecified atom stereocenters. The Morgan fingerprint density at radius 1 is 1.31 bits per heavy atom. The molecule has 0 radical (unpaired) electrons. The van der Waals surface area contributed by atoms with Crippen LogP contribution in [0.5, 0.6) is 0 Å². The number of hydrogen-bond acceptors (Lipinski definition) is 2. The van der Waals surface area contributed by atoms with Gasteiger partial charge in [0.25, 0.3) is 9.05 Å². The Labute approximate surface area is 89.8 Å². The predicted octanol–water partition coefficient (Wildman–Crippen LogP) is 2.95. The first-order valence-electron chi connectivity index (χ1n) is 3.37. The molecule has 1 aromatic carbocycles. The van der Waals surface area contributed by atoms with Crippen molar-refractivity contribution in [2.75, 3.05) is 0 Å². The first kappa shape index (κ1) is 10.8. The van der Waals surface area contributed by atoms with Gasteiger partial charge in [0.1, 0.15) is 3.81 Å². The minimum absolute atomic E-state index is 0.0344. The third kappa shape index (κ3) is 3.50. The fourth-order valence-electron chi connectivity index (χ4n) is 0.751. The lowest BCUT2D eigenvalue weighted by molar-refractivity contribution is 0.617. The molecule has 13 heavy (non-hydrogen) atoms. The van der Waals surface area contributed by atoms with E-state index in [0.717, 1.165) is 5.56 Å². The summed E-state index contributed by atoms with van der Waals surface area (Å²) in [5, 5.41) is 0. The molecule has 0 atom stereocenters. The molecule has 0 N–H and O–H groups in total. The molecule has 5 heteroatoms. The lowest BCUT2D eigenvalue weighted by atomic mass is 10.2. The van der Waals surface area contributed by atoms with Gasteiger partial charge in [-0.25, -0.2) is 8.42 Å². The Balaban J connectivity index is 3.04. The smallest absolute Gasteiger partial charge is 0.206 e. The van der Waals surface area contributed by atoms with Crippen molar-refractivity contribution in [3.05, 3.63) is 39.7 Å². The SMILES string of the molecule is O=S(=O)(Cl)/C(Br)=C/c1ccccc1. The maximum atomic E-state index is 10.8. The van der Waals surface area contributed by atoms with Gasteiger partial charge in [0.2, 0.25) is 0 Å². The van der Waals surface area contributed by atoms with Crippen LogP contribution in [0, 0.1) is 0 Å². The van der Waals surface area contributed by atoms with Gasteiger partial charge in [-0.2, -0.15) is 0 Å². The largest absolute Gasteiger partial charge is 0.267 e. The van der Waals surface area contributed by atoms with Gasteiger partial charge in [-0.05, 0) is 27.6 Å². The molecule has 0 saturated carbocycles. The molecule has 0 aromatic heterocycles. The van der Waals surface area contributed by atoms with Crippen LogP contribution < -0.4 is 0 Å². The normalized spacial score (nSPS) is 12.9. The van der Waals surface area contributed by atoms with Crippen LogP contribution in [-0.4, -0.2) is 8.42 Å². The zero-order chi connectivity index (χ0) is 9.90. The van der Waals surface area contributed by atoms with Crippen molar-refractivity contribution in [3.8, 4) is 0 Å². The zero-order valence-corrected chi connectivity index (χ0v) is 9.60. The van der Waals surface area contributed by atoms with Crippen molar-refractivity contribution in [3.63, 3.8) is 0 Å². The second-order valence-corrected chi connectivity index (χ2v) is 6.21. The van der Waals surface area contributed by atoms with Crippen molar-refractivity contribution in [2.24, 2.45) is 0 Å². The van der Waals surface area contributed by atoms with Crippen molar-refractivity contribution >= 4 is 41.7 Å². The van der Waals surface area contributed by atoms with Gasteiger partial charge in [-0.1, -0.05) is 30.3 Å². The Hall–Kier alpha value is -0.320. The highest BCUT2D eigenvalue weighted by molar-refractivity contribution is 9.14. The van der Waals surface area contributed by atoms with E-state index in [0.29, 0.717) is 0 Å². The van der Waals surface area contributed by atoms with Gasteiger partial charge < -0.3 is 0 Å². The van der Waals surface area contributed by atoms with E-state index >= 15 is 0 Å². The van der Waals surface area contributed by atoms with Crippen LogP contribution in [0.4, 0.5) is 0 Å². The molecule has 0 heterocycles. The highest BCUT2D eigenvalue weighted by Crippen LogP contribution is 2.21. The third-order valence-corrected chi connectivity index (χ3v) is 4.46. The predicted molar refractivity (Wildman–Crippen MR) is 58.1 cm³/mol. The van der Waals surface area contributed by atoms with E-state index in [2.05, 4.69) is 15.9 Å². The highest BCUT2D eigenvalue weighted by Gasteiger charge is 2.09. The van der Waals surface area contributed by atoms with Crippen LogP contribution in [0.3, 0.4) is 0 Å². The zero-order valence-electron chi connectivity index (χ0n) is 6.44. The number of benzene rings is 1. The van der Waals surface area contributed by atoms with Gasteiger partial charge in [0, 0.05) is 10.7 Å². The van der Waals surface area contributed by atoms with E-state index in [1.54, 1.807) is 12.1 Å². The summed E-state index contributed by atoms with van der Waals surface area (Å²) in [6.45, 7) is 0. The molecule has 0 saturated heterocycles. The van der Waals surface area contributed by atoms with Crippen molar-refractivity contribution in [1.29, 1.82) is 0 Å². The van der Waals surface area contributed by atoms with Gasteiger partial charge in [0.05, 0.1) is 0 Å². The fraction of sp³-hybridized carbons (Fsp3) is 0. The Morgan fingerprint density at radius 3 is 2.31 bits per heavy atom. The van der Waals surface area contributed by atoms with Crippen molar-refractivity contribution < 1.29 is 8.42 Å². The first-order chi connectivity index (χ1) is 6.00. The highest BCUT2D eigenvalue weighted by atomic mass is 79.9. The first-order valence-corrected chi connectivity index (χ1v) is 6.47. The summed E-state index contributed by atoms with van der Waals surface area (Å²) in [5.41, 5.74) is 0.776. The van der Waals surface area contributed by atoms with Crippen LogP contribution in [0.15, 0.2) is 34.1 Å². The second kappa shape index (κ2) is 4.26. The van der Waals surface area contributed by atoms with Gasteiger partial charge in [-0.3, -0.25) is 0 Å². The average molecular weight is 282 g/mol. The van der Waals surface area contributed by atoms with Crippen LogP contribution in [0.2, 0.25) is 0 Å². The summed E-state index contributed by atoms with van der Waals surface area (Å²) in [6.07, 6.45) is 1.45. The molecule has 0 aliphatic carbocycles. The second-order valence-electron chi connectivity index (χ2n) is 2.30. The van der Waals surface area contributed by atoms with E-state index in [9.17, 15) is 8.42 Å². The van der Waals surface area contributed by atoms with Crippen molar-refractivity contribution in [1.82, 2.24) is 0 Å². The van der Waals surface area contributed by atoms with Gasteiger partial charge in [0.15, 0.2) is 0 Å². The number of rotatable bonds is 2. The molecule has 0 fully saturated rings. The molecule has 1 aromatic rings. The lowest BCUT2D eigenvalue weighted by Gasteiger charge is -1.93. The van der Waals surface area contributed by atoms with E-state index in [4.69, 9.17) is 10.7 Å². The number of hydrogen-bond donors (Lipinski definition) is 0. The monoisotopic (exact) mass is 280 g/mol. The summed E-state index contributed by atoms with van der Waals surface area (Å²) in [4.78, 5) is 0. The fourth-order valence-corrected chi connectivity index (χ4v) is 1.43. The van der Waals surface area contributed by atoms with Crippen LogP contribution in [0.25, 0.3) is 6.08 Å². The number of halogens is 2. The minimum Gasteiger partial charge on any atom is -0.206 e. The van der Waals surface area contributed by atoms with Crippen LogP contribution in [-0.2, 0) is 9.05 Å². The molecule has 0 amide bonds. The quantitative estimate of drug-likeness (QED) is 0.781. The van der Waals surface area contributed by atoms with E-state index < -0.39 is 9.05 Å². The Morgan fingerprint density at radius 2 is 1.85 bits per heavy atom. The standard InChI is InChI=1S/C8H6BrClO2S/c9-8(13(10,11)12)6-7-4-2-1-3-5-7/h1-6H/b8-6+. The van der Waals surface area contributed by atoms with E-state index in [-0.39, 0.29) is 3.81 Å². The molecule has 0 bridgehead atoms. The molecule has 70 valence electrons. The van der Waals surface area contributed by atoms with Crippen molar-refractivity contribution in [2.45, 2.75) is 0 Å². The molecule has 0 spiro atoms. The summed E-state index contributed by atoms with van der Waals surface area (Å²) < 4.78 is 21.5. The summed E-state index contributed by atoms with van der Waals surface area (Å²) in [5.74, 6) is 0. The van der Waals surface area contributed by atoms with Crippen LogP contribution >= 0.6 is 26.6 Å². The third-order valence-electron chi connectivity index (χ3n) is 1.31. The molecule has 1 rings (SSSR count). The average Bonchev–Trinajstić information content (AvgIpc) is 2.04. The molecular formula is C8H6BrClO2S. The maximum Gasteiger partial charge on any atom is 0.267 e. The Kier molecular flexibility index (Phi) is 3.53. The summed E-state index contributed by atoms with van der Waals surface area (Å²) >= 11 is 2.88. The minimum atomic E-state index is -3.65. The molecular weight excluding hydrogens is 276 g/mol. The van der Waals surface area contributed by atoms with Gasteiger partial charge in [-0.15, -0.1) is 0 Å².